The molecule has 0 bridgehead atoms. The molecular formula is C30H40O6. The highest BCUT2D eigenvalue weighted by atomic mass is 16.6. The highest BCUT2D eigenvalue weighted by molar-refractivity contribution is 6.00. The van der Waals surface area contributed by atoms with Gasteiger partial charge in [0.1, 0.15) is 11.2 Å². The van der Waals surface area contributed by atoms with Gasteiger partial charge < -0.3 is 18.9 Å². The average molecular weight is 497 g/mol. The average Bonchev–Trinajstić information content (AvgIpc) is 2.79. The van der Waals surface area contributed by atoms with Gasteiger partial charge in [-0.25, -0.2) is 9.59 Å². The van der Waals surface area contributed by atoms with Crippen molar-refractivity contribution in [1.29, 1.82) is 0 Å². The first-order chi connectivity index (χ1) is 16.9. The molecule has 0 saturated heterocycles. The van der Waals surface area contributed by atoms with Crippen LogP contribution in [0, 0.1) is 0 Å². The fourth-order valence-corrected chi connectivity index (χ4v) is 3.31. The third-order valence-corrected chi connectivity index (χ3v) is 4.87. The molecule has 0 spiro atoms. The molecule has 6 heteroatoms. The molecule has 0 aliphatic rings. The third-order valence-electron chi connectivity index (χ3n) is 4.87. The summed E-state index contributed by atoms with van der Waals surface area (Å²) < 4.78 is 22.9. The van der Waals surface area contributed by atoms with Crippen molar-refractivity contribution in [2.24, 2.45) is 0 Å². The smallest absolute Gasteiger partial charge is 0.335 e. The zero-order valence-electron chi connectivity index (χ0n) is 22.5. The molecule has 196 valence electrons. The van der Waals surface area contributed by atoms with Crippen LogP contribution in [0.4, 0.5) is 0 Å². The standard InChI is InChI=1S/C30H40O6/c1-29(2,3)35-27(31)25(17-19-33-21-23-13-9-7-10-14-23)26(28(32)36-30(4,5)6)18-20-34-22-24-15-11-8-12-16-24/h7-16H,17-22H2,1-6H3. The topological polar surface area (TPSA) is 71.1 Å². The van der Waals surface area contributed by atoms with Crippen molar-refractivity contribution in [1.82, 2.24) is 0 Å². The molecular weight excluding hydrogens is 456 g/mol. The molecule has 2 rings (SSSR count). The number of carbonyl (C=O) groups excluding carboxylic acids is 2. The lowest BCUT2D eigenvalue weighted by molar-refractivity contribution is -0.154. The van der Waals surface area contributed by atoms with Gasteiger partial charge in [0.15, 0.2) is 0 Å². The normalized spacial score (nSPS) is 12.6. The molecule has 2 aromatic rings. The van der Waals surface area contributed by atoms with E-state index < -0.39 is 23.1 Å². The highest BCUT2D eigenvalue weighted by Gasteiger charge is 2.28. The Morgan fingerprint density at radius 2 is 0.917 bits per heavy atom. The SMILES string of the molecule is CC(C)(C)OC(=O)C(CCOCc1ccccc1)=C(CCOCc1ccccc1)C(=O)OC(C)(C)C. The minimum Gasteiger partial charge on any atom is -0.457 e. The Labute approximate surface area is 215 Å². The molecule has 0 aliphatic carbocycles. The zero-order valence-corrected chi connectivity index (χ0v) is 22.5. The Bertz CT molecular complexity index is 900. The van der Waals surface area contributed by atoms with E-state index in [1.54, 1.807) is 41.5 Å². The number of carbonyl (C=O) groups is 2. The maximum atomic E-state index is 13.2. The van der Waals surface area contributed by atoms with Crippen LogP contribution in [0.25, 0.3) is 0 Å². The lowest BCUT2D eigenvalue weighted by atomic mass is 10.0. The molecule has 0 amide bonds. The summed E-state index contributed by atoms with van der Waals surface area (Å²) in [6.45, 7) is 12.1. The quantitative estimate of drug-likeness (QED) is 0.198. The second kappa shape index (κ2) is 14.0. The first-order valence-corrected chi connectivity index (χ1v) is 12.4. The Balaban J connectivity index is 2.21. The van der Waals surface area contributed by atoms with Crippen LogP contribution >= 0.6 is 0 Å². The van der Waals surface area contributed by atoms with Gasteiger partial charge in [0.2, 0.25) is 0 Å². The van der Waals surface area contributed by atoms with Gasteiger partial charge in [0, 0.05) is 24.0 Å². The molecule has 0 atom stereocenters. The van der Waals surface area contributed by atoms with Crippen LogP contribution in [0.5, 0.6) is 0 Å². The predicted octanol–water partition coefficient (Wildman–Crippen LogP) is 6.18. The minimum atomic E-state index is -0.712. The van der Waals surface area contributed by atoms with E-state index in [1.807, 2.05) is 60.7 Å². The second-order valence-corrected chi connectivity index (χ2v) is 10.5. The van der Waals surface area contributed by atoms with Crippen LogP contribution in [0.15, 0.2) is 71.8 Å². The summed E-state index contributed by atoms with van der Waals surface area (Å²) in [4.78, 5) is 26.4. The molecule has 0 unspecified atom stereocenters. The number of hydrogen-bond donors (Lipinski definition) is 0. The number of rotatable bonds is 12. The number of benzene rings is 2. The van der Waals surface area contributed by atoms with Crippen LogP contribution in [0.1, 0.15) is 65.5 Å². The second-order valence-electron chi connectivity index (χ2n) is 10.5. The number of esters is 2. The molecule has 0 fully saturated rings. The van der Waals surface area contributed by atoms with Gasteiger partial charge in [-0.2, -0.15) is 0 Å². The number of ether oxygens (including phenoxy) is 4. The van der Waals surface area contributed by atoms with Gasteiger partial charge in [-0.15, -0.1) is 0 Å². The van der Waals surface area contributed by atoms with Gasteiger partial charge in [0.05, 0.1) is 26.4 Å². The Hall–Kier alpha value is -2.96. The summed E-state index contributed by atoms with van der Waals surface area (Å²) >= 11 is 0. The molecule has 0 heterocycles. The first-order valence-electron chi connectivity index (χ1n) is 12.4. The van der Waals surface area contributed by atoms with Gasteiger partial charge in [-0.1, -0.05) is 60.7 Å². The fourth-order valence-electron chi connectivity index (χ4n) is 3.31. The van der Waals surface area contributed by atoms with Crippen molar-refractivity contribution in [3.05, 3.63) is 82.9 Å². The van der Waals surface area contributed by atoms with Crippen molar-refractivity contribution in [2.75, 3.05) is 13.2 Å². The zero-order chi connectivity index (χ0) is 26.6. The van der Waals surface area contributed by atoms with E-state index in [2.05, 4.69) is 0 Å². The third kappa shape index (κ3) is 11.6. The monoisotopic (exact) mass is 496 g/mol. The summed E-state index contributed by atoms with van der Waals surface area (Å²) in [6.07, 6.45) is 0.435. The molecule has 0 aromatic heterocycles. The van der Waals surface area contributed by atoms with E-state index in [-0.39, 0.29) is 37.2 Å². The van der Waals surface area contributed by atoms with Crippen LogP contribution < -0.4 is 0 Å². The van der Waals surface area contributed by atoms with E-state index >= 15 is 0 Å². The van der Waals surface area contributed by atoms with E-state index in [0.717, 1.165) is 11.1 Å². The summed E-state index contributed by atoms with van der Waals surface area (Å²) in [5.41, 5.74) is 1.15. The number of hydrogen-bond acceptors (Lipinski definition) is 6. The van der Waals surface area contributed by atoms with E-state index in [4.69, 9.17) is 18.9 Å². The molecule has 0 radical (unpaired) electrons. The van der Waals surface area contributed by atoms with Crippen LogP contribution in [0.3, 0.4) is 0 Å². The van der Waals surface area contributed by atoms with Gasteiger partial charge in [-0.3, -0.25) is 0 Å². The van der Waals surface area contributed by atoms with Gasteiger partial charge >= 0.3 is 11.9 Å². The lowest BCUT2D eigenvalue weighted by Crippen LogP contribution is -2.30. The molecule has 2 aromatic carbocycles. The fraction of sp³-hybridized carbons (Fsp3) is 0.467. The van der Waals surface area contributed by atoms with Crippen molar-refractivity contribution >= 4 is 11.9 Å². The van der Waals surface area contributed by atoms with E-state index in [0.29, 0.717) is 13.2 Å². The van der Waals surface area contributed by atoms with Crippen LogP contribution in [-0.4, -0.2) is 36.4 Å². The van der Waals surface area contributed by atoms with Gasteiger partial charge in [-0.05, 0) is 52.7 Å². The first kappa shape index (κ1) is 29.3. The minimum absolute atomic E-state index is 0.217. The Morgan fingerprint density at radius 3 is 1.22 bits per heavy atom. The van der Waals surface area contributed by atoms with Crippen molar-refractivity contribution < 1.29 is 28.5 Å². The maximum absolute atomic E-state index is 13.2. The van der Waals surface area contributed by atoms with Crippen molar-refractivity contribution in [3.8, 4) is 0 Å². The highest BCUT2D eigenvalue weighted by Crippen LogP contribution is 2.23. The Kier molecular flexibility index (Phi) is 11.3. The van der Waals surface area contributed by atoms with Crippen molar-refractivity contribution in [3.63, 3.8) is 0 Å². The van der Waals surface area contributed by atoms with E-state index in [1.165, 1.54) is 0 Å². The summed E-state index contributed by atoms with van der Waals surface area (Å²) in [6, 6.07) is 19.6. The molecule has 36 heavy (non-hydrogen) atoms. The van der Waals surface area contributed by atoms with E-state index in [9.17, 15) is 9.59 Å². The van der Waals surface area contributed by atoms with Gasteiger partial charge in [0.25, 0.3) is 0 Å². The summed E-state index contributed by atoms with van der Waals surface area (Å²) in [7, 11) is 0. The molecule has 0 aliphatic heterocycles. The van der Waals surface area contributed by atoms with Crippen molar-refractivity contribution in [2.45, 2.75) is 78.8 Å². The largest absolute Gasteiger partial charge is 0.457 e. The maximum Gasteiger partial charge on any atom is 0.335 e. The van der Waals surface area contributed by atoms with Crippen LogP contribution in [-0.2, 0) is 41.8 Å². The Morgan fingerprint density at radius 1 is 0.583 bits per heavy atom. The summed E-state index contributed by atoms with van der Waals surface area (Å²) in [5.74, 6) is -1.09. The molecule has 0 N–H and O–H groups in total. The predicted molar refractivity (Wildman–Crippen MR) is 140 cm³/mol. The van der Waals surface area contributed by atoms with Crippen LogP contribution in [0.2, 0.25) is 0 Å². The summed E-state index contributed by atoms with van der Waals surface area (Å²) in [5, 5.41) is 0. The molecule has 0 saturated carbocycles. The molecule has 6 nitrogen and oxygen atoms in total. The lowest BCUT2D eigenvalue weighted by Gasteiger charge is -2.24.